The number of hydrogen-bond donors (Lipinski definition) is 1. The van der Waals surface area contributed by atoms with E-state index in [0.717, 1.165) is 41.2 Å². The fourth-order valence-corrected chi connectivity index (χ4v) is 2.08. The molecule has 0 fully saturated rings. The second kappa shape index (κ2) is 4.81. The second-order valence-corrected chi connectivity index (χ2v) is 4.51. The molecule has 0 unspecified atom stereocenters. The Kier molecular flexibility index (Phi) is 3.44. The van der Waals surface area contributed by atoms with Gasteiger partial charge in [0.2, 0.25) is 0 Å². The number of hydrogen-bond acceptors (Lipinski definition) is 2. The van der Waals surface area contributed by atoms with Crippen LogP contribution in [0.25, 0.3) is 11.0 Å². The molecule has 80 valence electrons. The van der Waals surface area contributed by atoms with Crippen LogP contribution < -0.4 is 5.73 Å². The first-order valence-corrected chi connectivity index (χ1v) is 5.96. The molecule has 0 bridgehead atoms. The summed E-state index contributed by atoms with van der Waals surface area (Å²) in [6, 6.07) is 6.33. The minimum Gasteiger partial charge on any atom is -0.463 e. The number of fused-ring (bicyclic) bond motifs is 1. The summed E-state index contributed by atoms with van der Waals surface area (Å²) in [5.74, 6) is 0. The quantitative estimate of drug-likeness (QED) is 0.862. The summed E-state index contributed by atoms with van der Waals surface area (Å²) in [6.45, 7) is 0.775. The van der Waals surface area contributed by atoms with E-state index in [1.165, 1.54) is 5.56 Å². The van der Waals surface area contributed by atoms with E-state index in [2.05, 4.69) is 28.1 Å². The Balaban J connectivity index is 2.18. The zero-order valence-corrected chi connectivity index (χ0v) is 10.1. The molecule has 2 aromatic rings. The van der Waals surface area contributed by atoms with Gasteiger partial charge in [-0.25, -0.2) is 0 Å². The summed E-state index contributed by atoms with van der Waals surface area (Å²) in [6.07, 6.45) is 5.06. The molecular weight excluding hydrogens is 254 g/mol. The van der Waals surface area contributed by atoms with Crippen LogP contribution in [-0.4, -0.2) is 6.54 Å². The lowest BCUT2D eigenvalue weighted by Gasteiger charge is -2.00. The van der Waals surface area contributed by atoms with Gasteiger partial charge >= 0.3 is 0 Å². The number of halogens is 1. The van der Waals surface area contributed by atoms with Gasteiger partial charge in [0.1, 0.15) is 11.8 Å². The molecule has 0 amide bonds. The van der Waals surface area contributed by atoms with E-state index in [4.69, 9.17) is 10.2 Å². The number of benzene rings is 1. The predicted molar refractivity (Wildman–Crippen MR) is 65.9 cm³/mol. The first-order chi connectivity index (χ1) is 7.31. The van der Waals surface area contributed by atoms with Crippen molar-refractivity contribution in [1.82, 2.24) is 0 Å². The standard InChI is InChI=1S/C12H14BrNO/c13-11-8-15-12-5-4-9(7-10(11)12)3-1-2-6-14/h4-5,7-8H,1-3,6,14H2. The Morgan fingerprint density at radius 2 is 2.13 bits per heavy atom. The largest absolute Gasteiger partial charge is 0.463 e. The molecule has 1 aromatic carbocycles. The lowest BCUT2D eigenvalue weighted by atomic mass is 10.1. The van der Waals surface area contributed by atoms with Crippen molar-refractivity contribution in [2.75, 3.05) is 6.54 Å². The lowest BCUT2D eigenvalue weighted by molar-refractivity contribution is 0.613. The summed E-state index contributed by atoms with van der Waals surface area (Å²) in [5, 5.41) is 1.15. The van der Waals surface area contributed by atoms with Gasteiger partial charge in [0.15, 0.2) is 0 Å². The van der Waals surface area contributed by atoms with Crippen molar-refractivity contribution in [3.05, 3.63) is 34.5 Å². The maximum atomic E-state index is 5.47. The highest BCUT2D eigenvalue weighted by atomic mass is 79.9. The molecule has 0 saturated heterocycles. The number of aryl methyl sites for hydroxylation is 1. The molecule has 0 radical (unpaired) electrons. The highest BCUT2D eigenvalue weighted by Crippen LogP contribution is 2.27. The molecular formula is C12H14BrNO. The molecule has 1 aromatic heterocycles. The van der Waals surface area contributed by atoms with Gasteiger partial charge in [-0.15, -0.1) is 0 Å². The van der Waals surface area contributed by atoms with E-state index in [0.29, 0.717) is 0 Å². The van der Waals surface area contributed by atoms with E-state index < -0.39 is 0 Å². The van der Waals surface area contributed by atoms with E-state index in [-0.39, 0.29) is 0 Å². The zero-order chi connectivity index (χ0) is 10.7. The number of unbranched alkanes of at least 4 members (excludes halogenated alkanes) is 1. The van der Waals surface area contributed by atoms with Gasteiger partial charge in [-0.3, -0.25) is 0 Å². The van der Waals surface area contributed by atoms with Gasteiger partial charge < -0.3 is 10.2 Å². The highest BCUT2D eigenvalue weighted by molar-refractivity contribution is 9.10. The average molecular weight is 268 g/mol. The molecule has 15 heavy (non-hydrogen) atoms. The summed E-state index contributed by atoms with van der Waals surface area (Å²) >= 11 is 3.47. The Morgan fingerprint density at radius 3 is 2.93 bits per heavy atom. The predicted octanol–water partition coefficient (Wildman–Crippen LogP) is 3.48. The number of nitrogens with two attached hydrogens (primary N) is 1. The first kappa shape index (κ1) is 10.7. The normalized spacial score (nSPS) is 11.1. The van der Waals surface area contributed by atoms with Gasteiger partial charge in [-0.05, 0) is 59.4 Å². The first-order valence-electron chi connectivity index (χ1n) is 5.17. The van der Waals surface area contributed by atoms with Gasteiger partial charge in [0, 0.05) is 5.39 Å². The maximum absolute atomic E-state index is 5.47. The monoisotopic (exact) mass is 267 g/mol. The van der Waals surface area contributed by atoms with Crippen LogP contribution in [0.3, 0.4) is 0 Å². The Bertz CT molecular complexity index is 450. The number of rotatable bonds is 4. The Hall–Kier alpha value is -0.800. The lowest BCUT2D eigenvalue weighted by Crippen LogP contribution is -1.98. The third kappa shape index (κ3) is 2.41. The fraction of sp³-hybridized carbons (Fsp3) is 0.333. The van der Waals surface area contributed by atoms with Crippen LogP contribution in [0.5, 0.6) is 0 Å². The van der Waals surface area contributed by atoms with E-state index >= 15 is 0 Å². The summed E-state index contributed by atoms with van der Waals surface area (Å²) < 4.78 is 6.39. The van der Waals surface area contributed by atoms with Gasteiger partial charge in [-0.2, -0.15) is 0 Å². The van der Waals surface area contributed by atoms with E-state index in [1.54, 1.807) is 6.26 Å². The Labute approximate surface area is 97.6 Å². The molecule has 2 rings (SSSR count). The molecule has 2 nitrogen and oxygen atoms in total. The molecule has 2 N–H and O–H groups in total. The van der Waals surface area contributed by atoms with Crippen LogP contribution in [0.1, 0.15) is 18.4 Å². The molecule has 0 aliphatic carbocycles. The van der Waals surface area contributed by atoms with Crippen LogP contribution in [0.15, 0.2) is 33.4 Å². The van der Waals surface area contributed by atoms with Crippen LogP contribution in [0.4, 0.5) is 0 Å². The van der Waals surface area contributed by atoms with E-state index in [1.807, 2.05) is 6.07 Å². The molecule has 0 aliphatic heterocycles. The van der Waals surface area contributed by atoms with Crippen molar-refractivity contribution in [2.45, 2.75) is 19.3 Å². The van der Waals surface area contributed by atoms with Crippen molar-refractivity contribution in [3.63, 3.8) is 0 Å². The molecule has 0 saturated carbocycles. The smallest absolute Gasteiger partial charge is 0.135 e. The summed E-state index contributed by atoms with van der Waals surface area (Å²) in [5.41, 5.74) is 7.75. The van der Waals surface area contributed by atoms with E-state index in [9.17, 15) is 0 Å². The van der Waals surface area contributed by atoms with Gasteiger partial charge in [0.25, 0.3) is 0 Å². The van der Waals surface area contributed by atoms with Crippen molar-refractivity contribution >= 4 is 26.9 Å². The third-order valence-corrected chi connectivity index (χ3v) is 3.12. The van der Waals surface area contributed by atoms with Gasteiger partial charge in [-0.1, -0.05) is 6.07 Å². The highest BCUT2D eigenvalue weighted by Gasteiger charge is 2.03. The Morgan fingerprint density at radius 1 is 1.27 bits per heavy atom. The molecule has 1 heterocycles. The third-order valence-electron chi connectivity index (χ3n) is 2.51. The molecule has 0 aliphatic rings. The SMILES string of the molecule is NCCCCc1ccc2occ(Br)c2c1. The molecule has 0 atom stereocenters. The van der Waals surface area contributed by atoms with Crippen molar-refractivity contribution in [1.29, 1.82) is 0 Å². The molecule has 3 heteroatoms. The van der Waals surface area contributed by atoms with Gasteiger partial charge in [0.05, 0.1) is 4.47 Å². The second-order valence-electron chi connectivity index (χ2n) is 3.66. The van der Waals surface area contributed by atoms with Crippen molar-refractivity contribution in [2.24, 2.45) is 5.73 Å². The summed E-state index contributed by atoms with van der Waals surface area (Å²) in [7, 11) is 0. The fourth-order valence-electron chi connectivity index (χ4n) is 1.67. The zero-order valence-electron chi connectivity index (χ0n) is 8.50. The van der Waals surface area contributed by atoms with Crippen molar-refractivity contribution in [3.8, 4) is 0 Å². The van der Waals surface area contributed by atoms with Crippen LogP contribution >= 0.6 is 15.9 Å². The molecule has 0 spiro atoms. The minimum atomic E-state index is 0.775. The number of furan rings is 1. The van der Waals surface area contributed by atoms with Crippen LogP contribution in [0.2, 0.25) is 0 Å². The maximum Gasteiger partial charge on any atom is 0.135 e. The topological polar surface area (TPSA) is 39.2 Å². The minimum absolute atomic E-state index is 0.775. The average Bonchev–Trinajstić information content (AvgIpc) is 2.61. The van der Waals surface area contributed by atoms with Crippen LogP contribution in [0, 0.1) is 0 Å². The van der Waals surface area contributed by atoms with Crippen LogP contribution in [-0.2, 0) is 6.42 Å². The summed E-state index contributed by atoms with van der Waals surface area (Å²) in [4.78, 5) is 0. The van der Waals surface area contributed by atoms with Crippen molar-refractivity contribution < 1.29 is 4.42 Å².